The summed E-state index contributed by atoms with van der Waals surface area (Å²) in [6, 6.07) is 7.25. The Morgan fingerprint density at radius 3 is 0.958 bits per heavy atom. The molecule has 1 aromatic carbocycles. The molecule has 1 rings (SSSR count). The van der Waals surface area contributed by atoms with Gasteiger partial charge in [-0.3, -0.25) is 0 Å². The maximum Gasteiger partial charge on any atom is 0.330 e. The predicted molar refractivity (Wildman–Crippen MR) is 177 cm³/mol. The number of hydrogen-bond acceptors (Lipinski definition) is 15. The summed E-state index contributed by atoms with van der Waals surface area (Å²) in [5.41, 5.74) is 6.35. The van der Waals surface area contributed by atoms with Crippen molar-refractivity contribution in [2.24, 2.45) is 0 Å². The number of ether oxygens (including phenoxy) is 13. The summed E-state index contributed by atoms with van der Waals surface area (Å²) in [4.78, 5) is 10.8. The fraction of sp³-hybridized carbons (Fsp3) is 0.727. The monoisotopic (exact) mass is 691 g/mol. The van der Waals surface area contributed by atoms with Gasteiger partial charge in [-0.05, 0) is 24.3 Å². The number of anilines is 1. The van der Waals surface area contributed by atoms with Crippen LogP contribution in [0.2, 0.25) is 0 Å². The smallest absolute Gasteiger partial charge is 0.330 e. The van der Waals surface area contributed by atoms with Crippen LogP contribution in [0.3, 0.4) is 0 Å². The maximum absolute atomic E-state index is 10.8. The Morgan fingerprint density at radius 1 is 0.438 bits per heavy atom. The van der Waals surface area contributed by atoms with Gasteiger partial charge in [-0.25, -0.2) is 4.79 Å². The second-order valence-electron chi connectivity index (χ2n) is 9.53. The van der Waals surface area contributed by atoms with E-state index in [1.807, 2.05) is 12.1 Å². The van der Waals surface area contributed by atoms with Gasteiger partial charge in [0.05, 0.1) is 145 Å². The molecule has 1 aromatic rings. The summed E-state index contributed by atoms with van der Waals surface area (Å²) in [6.07, 6.45) is 1.11. The van der Waals surface area contributed by atoms with Crippen molar-refractivity contribution >= 4 is 11.7 Å². The van der Waals surface area contributed by atoms with Crippen molar-refractivity contribution in [2.75, 3.05) is 164 Å². The third-order valence-electron chi connectivity index (χ3n) is 5.74. The summed E-state index contributed by atoms with van der Waals surface area (Å²) in [5.74, 6) is 0.306. The lowest BCUT2D eigenvalue weighted by atomic mass is 10.3. The first kappa shape index (κ1) is 43.6. The van der Waals surface area contributed by atoms with Gasteiger partial charge in [0.15, 0.2) is 0 Å². The number of carbonyl (C=O) groups is 1. The molecule has 0 aliphatic rings. The molecule has 0 bridgehead atoms. The fourth-order valence-corrected chi connectivity index (χ4v) is 3.34. The third-order valence-corrected chi connectivity index (χ3v) is 5.74. The lowest BCUT2D eigenvalue weighted by Crippen LogP contribution is -2.15. The van der Waals surface area contributed by atoms with Crippen molar-refractivity contribution in [3.05, 3.63) is 36.9 Å². The molecule has 15 nitrogen and oxygen atoms in total. The Hall–Kier alpha value is -2.41. The van der Waals surface area contributed by atoms with Crippen molar-refractivity contribution in [3.63, 3.8) is 0 Å². The van der Waals surface area contributed by atoms with E-state index in [2.05, 4.69) is 6.58 Å². The zero-order chi connectivity index (χ0) is 34.4. The van der Waals surface area contributed by atoms with Crippen molar-refractivity contribution in [1.82, 2.24) is 0 Å². The van der Waals surface area contributed by atoms with E-state index in [0.717, 1.165) is 11.8 Å². The number of benzene rings is 1. The standard InChI is InChI=1S/C33H57NO14/c1-2-33(35)48-30-28-46-26-24-44-22-20-42-18-16-40-14-12-38-10-8-36-7-9-37-11-13-39-15-17-41-19-21-43-23-25-45-27-29-47-32-5-3-31(34)4-6-32/h2-6H,1,7-30,34H2. The first-order chi connectivity index (χ1) is 23.7. The second kappa shape index (κ2) is 35.9. The van der Waals surface area contributed by atoms with Crippen LogP contribution in [0.25, 0.3) is 0 Å². The number of rotatable bonds is 38. The van der Waals surface area contributed by atoms with E-state index < -0.39 is 5.97 Å². The molecule has 0 heterocycles. The molecule has 0 saturated carbocycles. The largest absolute Gasteiger partial charge is 0.491 e. The highest BCUT2D eigenvalue weighted by Gasteiger charge is 1.98. The highest BCUT2D eigenvalue weighted by atomic mass is 16.6. The lowest BCUT2D eigenvalue weighted by Gasteiger charge is -2.09. The average molecular weight is 692 g/mol. The maximum atomic E-state index is 10.8. The van der Waals surface area contributed by atoms with Gasteiger partial charge in [-0.1, -0.05) is 6.58 Å². The highest BCUT2D eigenvalue weighted by molar-refractivity contribution is 5.81. The summed E-state index contributed by atoms with van der Waals surface area (Å²) in [5, 5.41) is 0. The van der Waals surface area contributed by atoms with Gasteiger partial charge in [0.2, 0.25) is 0 Å². The zero-order valence-corrected chi connectivity index (χ0v) is 28.4. The van der Waals surface area contributed by atoms with Crippen molar-refractivity contribution in [3.8, 4) is 5.75 Å². The Morgan fingerprint density at radius 2 is 0.688 bits per heavy atom. The summed E-state index contributed by atoms with van der Waals surface area (Å²) in [7, 11) is 0. The SMILES string of the molecule is C=CC(=O)OCCOCCOCCOCCOCCOCCOCCOCCOCCOCCOCCOCCOc1ccc(N)cc1. The molecule has 0 atom stereocenters. The van der Waals surface area contributed by atoms with Gasteiger partial charge < -0.3 is 67.3 Å². The summed E-state index contributed by atoms with van der Waals surface area (Å²) < 4.78 is 70.2. The van der Waals surface area contributed by atoms with Crippen molar-refractivity contribution in [1.29, 1.82) is 0 Å². The van der Waals surface area contributed by atoms with Crippen LogP contribution in [0.15, 0.2) is 36.9 Å². The second-order valence-corrected chi connectivity index (χ2v) is 9.53. The van der Waals surface area contributed by atoms with E-state index in [0.29, 0.717) is 158 Å². The van der Waals surface area contributed by atoms with Gasteiger partial charge in [-0.2, -0.15) is 0 Å². The molecule has 0 spiro atoms. The first-order valence-corrected chi connectivity index (χ1v) is 16.3. The van der Waals surface area contributed by atoms with E-state index in [-0.39, 0.29) is 6.61 Å². The van der Waals surface area contributed by atoms with Crippen LogP contribution >= 0.6 is 0 Å². The quantitative estimate of drug-likeness (QED) is 0.0460. The van der Waals surface area contributed by atoms with Gasteiger partial charge in [0, 0.05) is 11.8 Å². The van der Waals surface area contributed by atoms with Crippen molar-refractivity contribution < 1.29 is 66.4 Å². The molecule has 0 radical (unpaired) electrons. The van der Waals surface area contributed by atoms with Crippen LogP contribution in [-0.2, 0) is 61.6 Å². The summed E-state index contributed by atoms with van der Waals surface area (Å²) >= 11 is 0. The van der Waals surface area contributed by atoms with Crippen molar-refractivity contribution in [2.45, 2.75) is 0 Å². The average Bonchev–Trinajstić information content (AvgIpc) is 3.10. The number of hydrogen-bond donors (Lipinski definition) is 1. The molecule has 0 aliphatic heterocycles. The van der Waals surface area contributed by atoms with Crippen LogP contribution in [-0.4, -0.2) is 165 Å². The predicted octanol–water partition coefficient (Wildman–Crippen LogP) is 1.56. The van der Waals surface area contributed by atoms with Crippen LogP contribution in [0.1, 0.15) is 0 Å². The molecular weight excluding hydrogens is 634 g/mol. The number of esters is 1. The molecule has 15 heteroatoms. The fourth-order valence-electron chi connectivity index (χ4n) is 3.34. The molecule has 0 aliphatic carbocycles. The van der Waals surface area contributed by atoms with E-state index >= 15 is 0 Å². The van der Waals surface area contributed by atoms with Gasteiger partial charge in [0.25, 0.3) is 0 Å². The minimum Gasteiger partial charge on any atom is -0.491 e. The minimum absolute atomic E-state index is 0.196. The van der Waals surface area contributed by atoms with Crippen LogP contribution < -0.4 is 10.5 Å². The van der Waals surface area contributed by atoms with Crippen LogP contribution in [0.5, 0.6) is 5.75 Å². The van der Waals surface area contributed by atoms with Gasteiger partial charge in [0.1, 0.15) is 19.0 Å². The number of nitrogens with two attached hydrogens (primary N) is 1. The lowest BCUT2D eigenvalue weighted by molar-refractivity contribution is -0.139. The van der Waals surface area contributed by atoms with E-state index in [1.54, 1.807) is 12.1 Å². The van der Waals surface area contributed by atoms with E-state index in [9.17, 15) is 4.79 Å². The molecule has 0 saturated heterocycles. The molecule has 0 unspecified atom stereocenters. The molecule has 48 heavy (non-hydrogen) atoms. The summed E-state index contributed by atoms with van der Waals surface area (Å²) in [6.45, 7) is 14.5. The van der Waals surface area contributed by atoms with Crippen LogP contribution in [0, 0.1) is 0 Å². The number of carbonyl (C=O) groups excluding carboxylic acids is 1. The van der Waals surface area contributed by atoms with Gasteiger partial charge in [-0.15, -0.1) is 0 Å². The molecule has 2 N–H and O–H groups in total. The van der Waals surface area contributed by atoms with E-state index in [1.165, 1.54) is 0 Å². The Kier molecular flexibility index (Phi) is 32.6. The normalized spacial score (nSPS) is 11.2. The Labute approximate surface area is 285 Å². The molecular formula is C33H57NO14. The third kappa shape index (κ3) is 32.2. The minimum atomic E-state index is -0.461. The van der Waals surface area contributed by atoms with E-state index in [4.69, 9.17) is 67.3 Å². The first-order valence-electron chi connectivity index (χ1n) is 16.3. The Balaban J connectivity index is 1.62. The molecule has 0 aromatic heterocycles. The number of nitrogen functional groups attached to an aromatic ring is 1. The topological polar surface area (TPSA) is 163 Å². The molecule has 0 amide bonds. The Bertz CT molecular complexity index is 833. The van der Waals surface area contributed by atoms with Crippen LogP contribution in [0.4, 0.5) is 5.69 Å². The van der Waals surface area contributed by atoms with Gasteiger partial charge >= 0.3 is 5.97 Å². The highest BCUT2D eigenvalue weighted by Crippen LogP contribution is 2.12. The zero-order valence-electron chi connectivity index (χ0n) is 28.4. The molecule has 278 valence electrons. The molecule has 0 fully saturated rings.